The summed E-state index contributed by atoms with van der Waals surface area (Å²) in [7, 11) is 5.35. The van der Waals surface area contributed by atoms with E-state index in [-0.39, 0.29) is 5.78 Å². The Morgan fingerprint density at radius 1 is 1.38 bits per heavy atom. The number of carbonyl (C=O) groups excluding carboxylic acids is 1. The minimum absolute atomic E-state index is 0.0213. The van der Waals surface area contributed by atoms with Crippen molar-refractivity contribution in [2.24, 2.45) is 0 Å². The maximum atomic E-state index is 11.8. The first-order chi connectivity index (χ1) is 7.54. The monoisotopic (exact) mass is 219 g/mol. The fourth-order valence-corrected chi connectivity index (χ4v) is 1.29. The molecule has 0 heterocycles. The zero-order chi connectivity index (χ0) is 12.1. The molecule has 0 bridgehead atoms. The average Bonchev–Trinajstić information content (AvgIpc) is 2.26. The van der Waals surface area contributed by atoms with E-state index in [9.17, 15) is 4.79 Å². The van der Waals surface area contributed by atoms with E-state index in [1.54, 1.807) is 31.5 Å². The highest BCUT2D eigenvalue weighted by Gasteiger charge is 2.05. The van der Waals surface area contributed by atoms with Crippen LogP contribution >= 0.6 is 0 Å². The number of hydrogen-bond donors (Lipinski definition) is 0. The summed E-state index contributed by atoms with van der Waals surface area (Å²) in [6.45, 7) is 1.95. The van der Waals surface area contributed by atoms with Crippen molar-refractivity contribution in [3.8, 4) is 5.75 Å². The number of nitrogens with zero attached hydrogens (tertiary/aromatic N) is 1. The summed E-state index contributed by atoms with van der Waals surface area (Å²) in [4.78, 5) is 13.6. The Labute approximate surface area is 96.3 Å². The van der Waals surface area contributed by atoms with Crippen LogP contribution in [0.2, 0.25) is 0 Å². The molecule has 1 aromatic rings. The summed E-state index contributed by atoms with van der Waals surface area (Å²) in [6, 6.07) is 5.45. The molecule has 0 saturated heterocycles. The summed E-state index contributed by atoms with van der Waals surface area (Å²) < 4.78 is 5.17. The Kier molecular flexibility index (Phi) is 4.11. The third kappa shape index (κ3) is 3.12. The van der Waals surface area contributed by atoms with Crippen molar-refractivity contribution in [2.45, 2.75) is 6.92 Å². The number of ether oxygens (including phenoxy) is 1. The molecule has 1 rings (SSSR count). The van der Waals surface area contributed by atoms with Gasteiger partial charge in [0.15, 0.2) is 5.78 Å². The Morgan fingerprint density at radius 2 is 2.06 bits per heavy atom. The molecule has 86 valence electrons. The molecule has 0 N–H and O–H groups in total. The van der Waals surface area contributed by atoms with Crippen LogP contribution in [0.25, 0.3) is 0 Å². The normalized spacial score (nSPS) is 10.5. The second-order valence-electron chi connectivity index (χ2n) is 3.83. The Bertz CT molecular complexity index is 408. The average molecular weight is 219 g/mol. The summed E-state index contributed by atoms with van der Waals surface area (Å²) in [5.74, 6) is 0.719. The Morgan fingerprint density at radius 3 is 2.62 bits per heavy atom. The fourth-order valence-electron chi connectivity index (χ4n) is 1.29. The van der Waals surface area contributed by atoms with Crippen molar-refractivity contribution in [2.75, 3.05) is 21.2 Å². The number of rotatable bonds is 4. The lowest BCUT2D eigenvalue weighted by molar-refractivity contribution is 0.104. The lowest BCUT2D eigenvalue weighted by Crippen LogP contribution is -2.03. The maximum Gasteiger partial charge on any atom is 0.187 e. The molecule has 0 spiro atoms. The van der Waals surface area contributed by atoms with Gasteiger partial charge in [0.05, 0.1) is 7.11 Å². The molecule has 0 aromatic heterocycles. The molecule has 0 amide bonds. The summed E-state index contributed by atoms with van der Waals surface area (Å²) in [5.41, 5.74) is 1.66. The molecule has 0 radical (unpaired) electrons. The van der Waals surface area contributed by atoms with Crippen LogP contribution in [0.4, 0.5) is 0 Å². The van der Waals surface area contributed by atoms with Crippen molar-refractivity contribution in [3.05, 3.63) is 41.6 Å². The number of hydrogen-bond acceptors (Lipinski definition) is 3. The minimum Gasteiger partial charge on any atom is -0.496 e. The van der Waals surface area contributed by atoms with E-state index in [1.807, 2.05) is 32.0 Å². The van der Waals surface area contributed by atoms with E-state index in [1.165, 1.54) is 0 Å². The van der Waals surface area contributed by atoms with Crippen LogP contribution in [0.1, 0.15) is 15.9 Å². The van der Waals surface area contributed by atoms with Gasteiger partial charge < -0.3 is 9.64 Å². The minimum atomic E-state index is -0.0213. The van der Waals surface area contributed by atoms with Gasteiger partial charge in [-0.05, 0) is 18.6 Å². The van der Waals surface area contributed by atoms with Gasteiger partial charge in [0.1, 0.15) is 5.75 Å². The number of allylic oxidation sites excluding steroid dienone is 1. The van der Waals surface area contributed by atoms with Crippen LogP contribution in [0.3, 0.4) is 0 Å². The van der Waals surface area contributed by atoms with Crippen molar-refractivity contribution < 1.29 is 9.53 Å². The van der Waals surface area contributed by atoms with E-state index in [0.717, 1.165) is 11.3 Å². The van der Waals surface area contributed by atoms with Gasteiger partial charge in [0.2, 0.25) is 0 Å². The molecule has 0 aliphatic heterocycles. The predicted molar refractivity (Wildman–Crippen MR) is 64.9 cm³/mol. The van der Waals surface area contributed by atoms with E-state index in [2.05, 4.69) is 0 Å². The van der Waals surface area contributed by atoms with Gasteiger partial charge >= 0.3 is 0 Å². The zero-order valence-corrected chi connectivity index (χ0v) is 10.2. The smallest absolute Gasteiger partial charge is 0.187 e. The fraction of sp³-hybridized carbons (Fsp3) is 0.308. The first-order valence-corrected chi connectivity index (χ1v) is 5.08. The number of ketones is 1. The molecule has 0 unspecified atom stereocenters. The first kappa shape index (κ1) is 12.3. The van der Waals surface area contributed by atoms with Gasteiger partial charge in [-0.2, -0.15) is 0 Å². The van der Waals surface area contributed by atoms with Gasteiger partial charge in [-0.15, -0.1) is 0 Å². The lowest BCUT2D eigenvalue weighted by Gasteiger charge is -2.06. The van der Waals surface area contributed by atoms with Gasteiger partial charge in [0, 0.05) is 31.9 Å². The number of methoxy groups -OCH3 is 1. The van der Waals surface area contributed by atoms with Crippen LogP contribution in [-0.2, 0) is 0 Å². The summed E-state index contributed by atoms with van der Waals surface area (Å²) >= 11 is 0. The zero-order valence-electron chi connectivity index (χ0n) is 10.2. The maximum absolute atomic E-state index is 11.8. The molecular formula is C13H17NO2. The molecule has 0 saturated carbocycles. The molecule has 0 aliphatic carbocycles. The molecule has 3 heteroatoms. The topological polar surface area (TPSA) is 29.5 Å². The molecule has 0 atom stereocenters. The van der Waals surface area contributed by atoms with E-state index < -0.39 is 0 Å². The van der Waals surface area contributed by atoms with Gasteiger partial charge in [0.25, 0.3) is 0 Å². The molecule has 3 nitrogen and oxygen atoms in total. The highest BCUT2D eigenvalue weighted by Crippen LogP contribution is 2.19. The van der Waals surface area contributed by atoms with Crippen molar-refractivity contribution in [1.29, 1.82) is 0 Å². The first-order valence-electron chi connectivity index (χ1n) is 5.08. The SMILES string of the molecule is COc1cc(C(=O)C=CN(C)C)ccc1C. The van der Waals surface area contributed by atoms with Gasteiger partial charge in [-0.3, -0.25) is 4.79 Å². The standard InChI is InChI=1S/C13H17NO2/c1-10-5-6-11(9-13(10)16-4)12(15)7-8-14(2)3/h5-9H,1-4H3. The third-order valence-corrected chi connectivity index (χ3v) is 2.22. The van der Waals surface area contributed by atoms with E-state index >= 15 is 0 Å². The molecule has 0 aliphatic rings. The van der Waals surface area contributed by atoms with E-state index in [4.69, 9.17) is 4.74 Å². The summed E-state index contributed by atoms with van der Waals surface area (Å²) in [5, 5.41) is 0. The van der Waals surface area contributed by atoms with Crippen LogP contribution in [0, 0.1) is 6.92 Å². The third-order valence-electron chi connectivity index (χ3n) is 2.22. The summed E-state index contributed by atoms with van der Waals surface area (Å²) in [6.07, 6.45) is 3.28. The molecular weight excluding hydrogens is 202 g/mol. The van der Waals surface area contributed by atoms with Crippen molar-refractivity contribution >= 4 is 5.78 Å². The van der Waals surface area contributed by atoms with Crippen LogP contribution in [0.15, 0.2) is 30.5 Å². The van der Waals surface area contributed by atoms with E-state index in [0.29, 0.717) is 5.56 Å². The highest BCUT2D eigenvalue weighted by atomic mass is 16.5. The lowest BCUT2D eigenvalue weighted by atomic mass is 10.1. The second-order valence-corrected chi connectivity index (χ2v) is 3.83. The largest absolute Gasteiger partial charge is 0.496 e. The Balaban J connectivity index is 2.92. The molecule has 1 aromatic carbocycles. The van der Waals surface area contributed by atoms with Crippen LogP contribution in [-0.4, -0.2) is 31.9 Å². The van der Waals surface area contributed by atoms with Gasteiger partial charge in [-0.25, -0.2) is 0 Å². The van der Waals surface area contributed by atoms with Crippen molar-refractivity contribution in [1.82, 2.24) is 4.90 Å². The number of benzene rings is 1. The van der Waals surface area contributed by atoms with Crippen LogP contribution < -0.4 is 4.74 Å². The van der Waals surface area contributed by atoms with Crippen LogP contribution in [0.5, 0.6) is 5.75 Å². The Hall–Kier alpha value is -1.77. The quantitative estimate of drug-likeness (QED) is 0.574. The molecule has 0 fully saturated rings. The predicted octanol–water partition coefficient (Wildman–Crippen LogP) is 2.26. The highest BCUT2D eigenvalue weighted by molar-refractivity contribution is 6.04. The van der Waals surface area contributed by atoms with Gasteiger partial charge in [-0.1, -0.05) is 12.1 Å². The van der Waals surface area contributed by atoms with Crippen molar-refractivity contribution in [3.63, 3.8) is 0 Å². The number of aryl methyl sites for hydroxylation is 1. The second kappa shape index (κ2) is 5.35. The molecule has 16 heavy (non-hydrogen) atoms. The number of carbonyl (C=O) groups is 1.